The summed E-state index contributed by atoms with van der Waals surface area (Å²) in [6.45, 7) is 7.05. The van der Waals surface area contributed by atoms with E-state index in [1.165, 1.54) is 5.56 Å². The molecule has 0 unspecified atom stereocenters. The molecule has 3 aromatic rings. The van der Waals surface area contributed by atoms with Gasteiger partial charge in [-0.15, -0.1) is 0 Å². The zero-order valence-electron chi connectivity index (χ0n) is 16.9. The second-order valence-corrected chi connectivity index (χ2v) is 7.32. The molecule has 2 aromatic heterocycles. The zero-order chi connectivity index (χ0) is 19.9. The summed E-state index contributed by atoms with van der Waals surface area (Å²) in [7, 11) is 0. The Bertz CT molecular complexity index is 877. The summed E-state index contributed by atoms with van der Waals surface area (Å²) in [6, 6.07) is 10.4. The molecule has 3 N–H and O–H groups in total. The Balaban J connectivity index is 1.91. The molecule has 0 spiro atoms. The predicted molar refractivity (Wildman–Crippen MR) is 113 cm³/mol. The maximum atomic E-state index is 9.70. The highest BCUT2D eigenvalue weighted by Crippen LogP contribution is 2.24. The van der Waals surface area contributed by atoms with Crippen LogP contribution in [0.3, 0.4) is 0 Å². The van der Waals surface area contributed by atoms with Gasteiger partial charge >= 0.3 is 0 Å². The van der Waals surface area contributed by atoms with Crippen molar-refractivity contribution in [1.82, 2.24) is 19.5 Å². The zero-order valence-corrected chi connectivity index (χ0v) is 16.9. The molecule has 0 fully saturated rings. The van der Waals surface area contributed by atoms with Crippen molar-refractivity contribution in [2.75, 3.05) is 17.2 Å². The molecule has 0 saturated heterocycles. The molecule has 0 saturated carbocycles. The highest BCUT2D eigenvalue weighted by molar-refractivity contribution is 5.84. The molecule has 0 amide bonds. The molecule has 2 heterocycles. The Hall–Kier alpha value is -2.67. The van der Waals surface area contributed by atoms with Gasteiger partial charge in [-0.3, -0.25) is 0 Å². The molecule has 7 heteroatoms. The summed E-state index contributed by atoms with van der Waals surface area (Å²) >= 11 is 0. The van der Waals surface area contributed by atoms with E-state index in [1.807, 2.05) is 29.1 Å². The molecule has 0 aliphatic heterocycles. The lowest BCUT2D eigenvalue weighted by atomic mass is 10.1. The molecule has 0 aliphatic rings. The summed E-state index contributed by atoms with van der Waals surface area (Å²) in [6.07, 6.45) is 4.82. The topological polar surface area (TPSA) is 87.9 Å². The van der Waals surface area contributed by atoms with Crippen LogP contribution in [-0.2, 0) is 6.54 Å². The number of fused-ring (bicyclic) bond motifs is 1. The predicted octanol–water partition coefficient (Wildman–Crippen LogP) is 3.98. The number of nitrogens with one attached hydrogen (secondary N) is 2. The number of imidazole rings is 1. The number of rotatable bonds is 10. The van der Waals surface area contributed by atoms with E-state index < -0.39 is 0 Å². The summed E-state index contributed by atoms with van der Waals surface area (Å²) in [5.41, 5.74) is 2.71. The highest BCUT2D eigenvalue weighted by Gasteiger charge is 2.16. The van der Waals surface area contributed by atoms with E-state index in [1.54, 1.807) is 0 Å². The molecule has 0 bridgehead atoms. The Labute approximate surface area is 166 Å². The van der Waals surface area contributed by atoms with E-state index in [-0.39, 0.29) is 18.7 Å². The van der Waals surface area contributed by atoms with Crippen molar-refractivity contribution in [2.45, 2.75) is 58.7 Å². The number of hydrogen-bond donors (Lipinski definition) is 3. The summed E-state index contributed by atoms with van der Waals surface area (Å²) < 4.78 is 2.04. The fourth-order valence-corrected chi connectivity index (χ4v) is 3.11. The van der Waals surface area contributed by atoms with Gasteiger partial charge in [0.1, 0.15) is 0 Å². The first-order valence-electron chi connectivity index (χ1n) is 10.0. The van der Waals surface area contributed by atoms with Crippen molar-refractivity contribution in [3.8, 4) is 0 Å². The molecule has 1 atom stereocenters. The maximum absolute atomic E-state index is 9.70. The number of benzene rings is 1. The first-order chi connectivity index (χ1) is 13.6. The number of anilines is 2. The van der Waals surface area contributed by atoms with Crippen LogP contribution in [0.2, 0.25) is 0 Å². The van der Waals surface area contributed by atoms with Gasteiger partial charge in [0.25, 0.3) is 0 Å². The molecule has 0 radical (unpaired) electrons. The number of aliphatic hydroxyl groups excluding tert-OH is 1. The lowest BCUT2D eigenvalue weighted by Gasteiger charge is -2.17. The van der Waals surface area contributed by atoms with E-state index in [2.05, 4.69) is 53.5 Å². The van der Waals surface area contributed by atoms with Gasteiger partial charge in [0.15, 0.2) is 17.0 Å². The average Bonchev–Trinajstić information content (AvgIpc) is 3.14. The van der Waals surface area contributed by atoms with Gasteiger partial charge in [-0.25, -0.2) is 4.98 Å². The van der Waals surface area contributed by atoms with Crippen molar-refractivity contribution in [1.29, 1.82) is 0 Å². The third-order valence-corrected chi connectivity index (χ3v) is 4.74. The summed E-state index contributed by atoms with van der Waals surface area (Å²) in [5.74, 6) is 1.21. The molecule has 28 heavy (non-hydrogen) atoms. The van der Waals surface area contributed by atoms with Crippen LogP contribution in [0, 0.1) is 0 Å². The largest absolute Gasteiger partial charge is 0.394 e. The lowest BCUT2D eigenvalue weighted by Crippen LogP contribution is -2.25. The highest BCUT2D eigenvalue weighted by atomic mass is 16.3. The van der Waals surface area contributed by atoms with Gasteiger partial charge in [-0.05, 0) is 25.8 Å². The Morgan fingerprint density at radius 1 is 1.14 bits per heavy atom. The third kappa shape index (κ3) is 4.78. The molecule has 7 nitrogen and oxygen atoms in total. The standard InChI is InChI=1S/C21H30N6O/c1-4-5-11-17(13-28)24-21-25-19(22-12-16-9-7-6-8-10-16)18-20(26-21)27(14-23-18)15(2)3/h6-10,14-15,17,28H,4-5,11-13H2,1-3H3,(H2,22,24,25,26)/t17-/m1/s1. The van der Waals surface area contributed by atoms with Crippen molar-refractivity contribution >= 4 is 22.9 Å². The van der Waals surface area contributed by atoms with Crippen molar-refractivity contribution in [2.24, 2.45) is 0 Å². The van der Waals surface area contributed by atoms with Crippen LogP contribution in [0.25, 0.3) is 11.2 Å². The Kier molecular flexibility index (Phi) is 6.81. The Morgan fingerprint density at radius 3 is 2.61 bits per heavy atom. The minimum atomic E-state index is -0.0604. The van der Waals surface area contributed by atoms with Gasteiger partial charge in [0.05, 0.1) is 19.0 Å². The number of unbranched alkanes of at least 4 members (excludes halogenated alkanes) is 1. The second-order valence-electron chi connectivity index (χ2n) is 7.32. The van der Waals surface area contributed by atoms with E-state index in [0.29, 0.717) is 18.3 Å². The van der Waals surface area contributed by atoms with Crippen LogP contribution < -0.4 is 10.6 Å². The van der Waals surface area contributed by atoms with E-state index in [0.717, 1.165) is 30.4 Å². The van der Waals surface area contributed by atoms with Crippen molar-refractivity contribution in [3.05, 3.63) is 42.2 Å². The normalized spacial score (nSPS) is 12.5. The molecule has 3 rings (SSSR count). The maximum Gasteiger partial charge on any atom is 0.227 e. The number of aromatic nitrogens is 4. The quantitative estimate of drug-likeness (QED) is 0.491. The summed E-state index contributed by atoms with van der Waals surface area (Å²) in [4.78, 5) is 13.9. The monoisotopic (exact) mass is 382 g/mol. The first-order valence-corrected chi connectivity index (χ1v) is 10.0. The number of nitrogens with zero attached hydrogens (tertiary/aromatic N) is 4. The number of hydrogen-bond acceptors (Lipinski definition) is 6. The third-order valence-electron chi connectivity index (χ3n) is 4.74. The van der Waals surface area contributed by atoms with Crippen LogP contribution in [0.15, 0.2) is 36.7 Å². The van der Waals surface area contributed by atoms with Crippen LogP contribution in [0.5, 0.6) is 0 Å². The van der Waals surface area contributed by atoms with Crippen molar-refractivity contribution < 1.29 is 5.11 Å². The summed E-state index contributed by atoms with van der Waals surface area (Å²) in [5, 5.41) is 16.4. The first kappa shape index (κ1) is 20.1. The van der Waals surface area contributed by atoms with Crippen LogP contribution >= 0.6 is 0 Å². The van der Waals surface area contributed by atoms with E-state index in [9.17, 15) is 5.11 Å². The smallest absolute Gasteiger partial charge is 0.227 e. The van der Waals surface area contributed by atoms with Gasteiger partial charge in [-0.2, -0.15) is 9.97 Å². The van der Waals surface area contributed by atoms with Gasteiger partial charge in [0.2, 0.25) is 5.95 Å². The minimum Gasteiger partial charge on any atom is -0.394 e. The average molecular weight is 383 g/mol. The molecular formula is C21H30N6O. The fourth-order valence-electron chi connectivity index (χ4n) is 3.11. The molecular weight excluding hydrogens is 352 g/mol. The fraction of sp³-hybridized carbons (Fsp3) is 0.476. The van der Waals surface area contributed by atoms with Crippen molar-refractivity contribution in [3.63, 3.8) is 0 Å². The van der Waals surface area contributed by atoms with Crippen LogP contribution in [0.4, 0.5) is 11.8 Å². The second kappa shape index (κ2) is 9.50. The van der Waals surface area contributed by atoms with Crippen LogP contribution in [-0.4, -0.2) is 37.3 Å². The van der Waals surface area contributed by atoms with E-state index >= 15 is 0 Å². The van der Waals surface area contributed by atoms with Crippen LogP contribution in [0.1, 0.15) is 51.6 Å². The minimum absolute atomic E-state index is 0.0532. The molecule has 150 valence electrons. The van der Waals surface area contributed by atoms with Gasteiger partial charge < -0.3 is 20.3 Å². The SMILES string of the molecule is CCCC[C@H](CO)Nc1nc(NCc2ccccc2)c2ncn(C(C)C)c2n1. The van der Waals surface area contributed by atoms with E-state index in [4.69, 9.17) is 4.98 Å². The lowest BCUT2D eigenvalue weighted by molar-refractivity contribution is 0.266. The molecule has 0 aliphatic carbocycles. The molecule has 1 aromatic carbocycles. The number of aliphatic hydroxyl groups is 1. The Morgan fingerprint density at radius 2 is 1.93 bits per heavy atom. The van der Waals surface area contributed by atoms with Gasteiger partial charge in [0, 0.05) is 12.6 Å². The van der Waals surface area contributed by atoms with Gasteiger partial charge in [-0.1, -0.05) is 50.1 Å².